The van der Waals surface area contributed by atoms with Gasteiger partial charge in [0.25, 0.3) is 0 Å². The van der Waals surface area contributed by atoms with Crippen LogP contribution in [-0.2, 0) is 15.4 Å². The molecular formula is C26H23Cl3FN3O3S. The van der Waals surface area contributed by atoms with E-state index in [-0.39, 0.29) is 34.1 Å². The van der Waals surface area contributed by atoms with Gasteiger partial charge in [-0.05, 0) is 55.3 Å². The lowest BCUT2D eigenvalue weighted by Crippen LogP contribution is -2.62. The van der Waals surface area contributed by atoms with E-state index >= 15 is 0 Å². The molecule has 5 rings (SSSR count). The van der Waals surface area contributed by atoms with E-state index in [1.807, 2.05) is 18.2 Å². The van der Waals surface area contributed by atoms with Gasteiger partial charge in [0.1, 0.15) is 28.9 Å². The number of aliphatic imine (C=N–C) groups is 1. The molecule has 194 valence electrons. The fraction of sp³-hybridized carbons (Fsp3) is 0.269. The van der Waals surface area contributed by atoms with Gasteiger partial charge in [-0.1, -0.05) is 59.1 Å². The first-order valence-electron chi connectivity index (χ1n) is 11.4. The zero-order chi connectivity index (χ0) is 26.6. The van der Waals surface area contributed by atoms with Crippen LogP contribution in [0.4, 0.5) is 4.39 Å². The van der Waals surface area contributed by atoms with E-state index < -0.39 is 21.0 Å². The third kappa shape index (κ3) is 4.70. The van der Waals surface area contributed by atoms with Gasteiger partial charge in [-0.2, -0.15) is 0 Å². The first-order valence-corrected chi connectivity index (χ1v) is 14.1. The molecule has 0 saturated carbocycles. The van der Waals surface area contributed by atoms with Crippen molar-refractivity contribution >= 4 is 50.7 Å². The highest BCUT2D eigenvalue weighted by molar-refractivity contribution is 7.89. The number of nitrogens with zero attached hydrogens (tertiary/aromatic N) is 2. The van der Waals surface area contributed by atoms with Gasteiger partial charge in [0.15, 0.2) is 0 Å². The Balaban J connectivity index is 1.50. The molecule has 2 N–H and O–H groups in total. The van der Waals surface area contributed by atoms with Gasteiger partial charge in [-0.15, -0.1) is 0 Å². The summed E-state index contributed by atoms with van der Waals surface area (Å²) in [6.45, 7) is 2.62. The number of hydrogen-bond acceptors (Lipinski definition) is 5. The maximum Gasteiger partial charge on any atom is 0.239 e. The van der Waals surface area contributed by atoms with Gasteiger partial charge < -0.3 is 9.64 Å². The summed E-state index contributed by atoms with van der Waals surface area (Å²) in [4.78, 5) is 6.75. The highest BCUT2D eigenvalue weighted by atomic mass is 35.5. The molecule has 6 nitrogen and oxygen atoms in total. The number of amidine groups is 1. The molecule has 1 spiro atoms. The number of allylic oxidation sites excluding steroid dienone is 2. The van der Waals surface area contributed by atoms with Crippen molar-refractivity contribution in [2.24, 2.45) is 10.1 Å². The molecule has 11 heteroatoms. The molecule has 0 saturated heterocycles. The Labute approximate surface area is 229 Å². The molecule has 0 fully saturated rings. The maximum absolute atomic E-state index is 14.0. The number of hydrogen-bond donors (Lipinski definition) is 1. The zero-order valence-electron chi connectivity index (χ0n) is 19.7. The van der Waals surface area contributed by atoms with Gasteiger partial charge in [0.05, 0.1) is 33.2 Å². The summed E-state index contributed by atoms with van der Waals surface area (Å²) in [5.41, 5.74) is -0.155. The minimum atomic E-state index is -4.03. The van der Waals surface area contributed by atoms with Crippen LogP contribution < -0.4 is 9.88 Å². The molecular weight excluding hydrogens is 560 g/mol. The Morgan fingerprint density at radius 2 is 1.86 bits per heavy atom. The van der Waals surface area contributed by atoms with Crippen molar-refractivity contribution in [3.8, 4) is 5.75 Å². The topological polar surface area (TPSA) is 85.0 Å². The number of benzene rings is 2. The molecule has 0 radical (unpaired) electrons. The first-order chi connectivity index (χ1) is 17.4. The Hall–Kier alpha value is -2.36. The third-order valence-electron chi connectivity index (χ3n) is 7.17. The van der Waals surface area contributed by atoms with Crippen molar-refractivity contribution in [1.29, 1.82) is 0 Å². The average Bonchev–Trinajstić information content (AvgIpc) is 3.30. The summed E-state index contributed by atoms with van der Waals surface area (Å²) in [5.74, 6) is 0.630. The van der Waals surface area contributed by atoms with Gasteiger partial charge in [0.2, 0.25) is 10.0 Å². The van der Waals surface area contributed by atoms with Crippen LogP contribution in [-0.4, -0.2) is 43.9 Å². The van der Waals surface area contributed by atoms with E-state index in [0.717, 1.165) is 5.56 Å². The zero-order valence-corrected chi connectivity index (χ0v) is 22.8. The van der Waals surface area contributed by atoms with Crippen molar-refractivity contribution in [3.05, 3.63) is 93.2 Å². The van der Waals surface area contributed by atoms with E-state index in [1.54, 1.807) is 18.2 Å². The second-order valence-corrected chi connectivity index (χ2v) is 12.2. The second-order valence-electron chi connectivity index (χ2n) is 9.43. The van der Waals surface area contributed by atoms with Gasteiger partial charge in [0, 0.05) is 11.5 Å². The molecule has 2 heterocycles. The maximum atomic E-state index is 14.0. The van der Waals surface area contributed by atoms with Crippen LogP contribution >= 0.6 is 34.8 Å². The number of primary sulfonamides is 1. The highest BCUT2D eigenvalue weighted by Gasteiger charge is 2.52. The van der Waals surface area contributed by atoms with E-state index in [9.17, 15) is 12.8 Å². The molecule has 3 unspecified atom stereocenters. The van der Waals surface area contributed by atoms with E-state index in [2.05, 4.69) is 24.0 Å². The Bertz CT molecular complexity index is 1510. The largest absolute Gasteiger partial charge is 0.486 e. The quantitative estimate of drug-likeness (QED) is 0.449. The lowest BCUT2D eigenvalue weighted by atomic mass is 9.69. The number of sulfonamides is 1. The van der Waals surface area contributed by atoms with Crippen LogP contribution in [0, 0.1) is 0 Å². The molecule has 0 amide bonds. The summed E-state index contributed by atoms with van der Waals surface area (Å²) < 4.78 is 43.7. The lowest BCUT2D eigenvalue weighted by Gasteiger charge is -2.52. The highest BCUT2D eigenvalue weighted by Crippen LogP contribution is 2.47. The normalized spacial score (nSPS) is 26.8. The Kier molecular flexibility index (Phi) is 6.69. The van der Waals surface area contributed by atoms with Gasteiger partial charge in [-0.3, -0.25) is 4.99 Å². The SMILES string of the molecule is CC1(c2ccc(Cl)c(Cl)c2)C=CC2(C=CC(F)=CC2)N2C(COc3ccc(Cl)c(S(N)(=O)=O)c3)=NCC21. The lowest BCUT2D eigenvalue weighted by molar-refractivity contribution is 0.155. The van der Waals surface area contributed by atoms with Crippen molar-refractivity contribution < 1.29 is 17.5 Å². The molecule has 2 aromatic carbocycles. The third-order valence-corrected chi connectivity index (χ3v) is 9.30. The minimum absolute atomic E-state index is 0.00629. The van der Waals surface area contributed by atoms with Gasteiger partial charge >= 0.3 is 0 Å². The van der Waals surface area contributed by atoms with Crippen LogP contribution in [0.2, 0.25) is 15.1 Å². The predicted octanol–water partition coefficient (Wildman–Crippen LogP) is 5.84. The molecule has 0 aromatic heterocycles. The van der Waals surface area contributed by atoms with Crippen molar-refractivity contribution in [1.82, 2.24) is 4.90 Å². The summed E-state index contributed by atoms with van der Waals surface area (Å²) in [6.07, 6.45) is 9.45. The molecule has 2 aromatic rings. The number of rotatable bonds is 5. The number of ether oxygens (including phenoxy) is 1. The second kappa shape index (κ2) is 9.43. The molecule has 2 aliphatic heterocycles. The molecule has 3 aliphatic rings. The monoisotopic (exact) mass is 581 g/mol. The Morgan fingerprint density at radius 3 is 2.54 bits per heavy atom. The smallest absolute Gasteiger partial charge is 0.239 e. The molecule has 37 heavy (non-hydrogen) atoms. The molecule has 0 bridgehead atoms. The predicted molar refractivity (Wildman–Crippen MR) is 145 cm³/mol. The van der Waals surface area contributed by atoms with Crippen LogP contribution in [0.5, 0.6) is 5.75 Å². The van der Waals surface area contributed by atoms with E-state index in [1.165, 1.54) is 18.2 Å². The minimum Gasteiger partial charge on any atom is -0.486 e. The molecule has 3 atom stereocenters. The Morgan fingerprint density at radius 1 is 1.11 bits per heavy atom. The van der Waals surface area contributed by atoms with Crippen molar-refractivity contribution in [2.75, 3.05) is 13.2 Å². The van der Waals surface area contributed by atoms with Crippen molar-refractivity contribution in [3.63, 3.8) is 0 Å². The van der Waals surface area contributed by atoms with Crippen LogP contribution in [0.1, 0.15) is 18.9 Å². The first kappa shape index (κ1) is 26.3. The summed E-state index contributed by atoms with van der Waals surface area (Å²) >= 11 is 18.5. The van der Waals surface area contributed by atoms with Crippen LogP contribution in [0.3, 0.4) is 0 Å². The summed E-state index contributed by atoms with van der Waals surface area (Å²) in [7, 11) is -4.03. The van der Waals surface area contributed by atoms with Crippen LogP contribution in [0.25, 0.3) is 0 Å². The number of nitrogens with two attached hydrogens (primary N) is 1. The van der Waals surface area contributed by atoms with Gasteiger partial charge in [-0.25, -0.2) is 17.9 Å². The number of fused-ring (bicyclic) bond motifs is 2. The fourth-order valence-electron chi connectivity index (χ4n) is 5.12. The van der Waals surface area contributed by atoms with E-state index in [4.69, 9.17) is 49.7 Å². The van der Waals surface area contributed by atoms with Crippen molar-refractivity contribution in [2.45, 2.75) is 35.2 Å². The number of halogens is 4. The summed E-state index contributed by atoms with van der Waals surface area (Å²) in [6, 6.07) is 9.72. The van der Waals surface area contributed by atoms with E-state index in [0.29, 0.717) is 28.8 Å². The summed E-state index contributed by atoms with van der Waals surface area (Å²) in [5, 5.41) is 6.21. The fourth-order valence-corrected chi connectivity index (χ4v) is 6.48. The standard InChI is InChI=1S/C26H23Cl3FN3O3S/c1-25(16-2-4-19(27)21(29)12-16)10-11-26(8-6-17(30)7-9-26)33-23(25)14-32-24(33)15-36-18-3-5-20(28)22(13-18)37(31,34)35/h2-8,10-13,23H,9,14-15H2,1H3,(H2,31,34,35). The molecule has 1 aliphatic carbocycles. The van der Waals surface area contributed by atoms with Crippen LogP contribution in [0.15, 0.2) is 82.5 Å². The average molecular weight is 583 g/mol.